The van der Waals surface area contributed by atoms with Gasteiger partial charge in [0.15, 0.2) is 0 Å². The Morgan fingerprint density at radius 2 is 1.53 bits per heavy atom. The molecule has 0 rings (SSSR count). The quantitative estimate of drug-likeness (QED) is 0.704. The van der Waals surface area contributed by atoms with Crippen molar-refractivity contribution in [2.75, 3.05) is 6.54 Å². The van der Waals surface area contributed by atoms with Crippen LogP contribution in [0.15, 0.2) is 0 Å². The Labute approximate surface area is 113 Å². The molecule has 0 spiro atoms. The van der Waals surface area contributed by atoms with Crippen LogP contribution in [0.4, 0.5) is 0 Å². The molecule has 1 atom stereocenters. The Morgan fingerprint density at radius 3 is 1.84 bits per heavy atom. The first-order chi connectivity index (χ1) is 8.35. The van der Waals surface area contributed by atoms with E-state index < -0.39 is 28.7 Å². The number of aliphatic carboxylic acids is 1. The second-order valence-corrected chi connectivity index (χ2v) is 6.64. The number of amides is 2. The van der Waals surface area contributed by atoms with Crippen LogP contribution in [0.3, 0.4) is 0 Å². The van der Waals surface area contributed by atoms with Gasteiger partial charge in [-0.25, -0.2) is 4.79 Å². The minimum atomic E-state index is -1.09. The molecule has 0 bridgehead atoms. The summed E-state index contributed by atoms with van der Waals surface area (Å²) in [6.45, 7) is 10.1. The number of hydrogen-bond acceptors (Lipinski definition) is 3. The van der Waals surface area contributed by atoms with Gasteiger partial charge in [-0.3, -0.25) is 9.59 Å². The highest BCUT2D eigenvalue weighted by Crippen LogP contribution is 2.19. The normalized spacial score (nSPS) is 13.6. The van der Waals surface area contributed by atoms with Gasteiger partial charge in [0.1, 0.15) is 6.04 Å². The lowest BCUT2D eigenvalue weighted by atomic mass is 9.87. The molecule has 3 N–H and O–H groups in total. The first-order valence-corrected chi connectivity index (χ1v) is 6.16. The topological polar surface area (TPSA) is 95.5 Å². The van der Waals surface area contributed by atoms with Crippen LogP contribution in [0.1, 0.15) is 41.5 Å². The molecule has 6 nitrogen and oxygen atoms in total. The van der Waals surface area contributed by atoms with Gasteiger partial charge in [-0.05, 0) is 5.41 Å². The van der Waals surface area contributed by atoms with Gasteiger partial charge in [-0.15, -0.1) is 0 Å². The molecule has 0 aromatic carbocycles. The largest absolute Gasteiger partial charge is 0.480 e. The van der Waals surface area contributed by atoms with E-state index in [1.807, 2.05) is 0 Å². The van der Waals surface area contributed by atoms with E-state index in [0.29, 0.717) is 0 Å². The zero-order chi connectivity index (χ0) is 15.4. The third-order valence-corrected chi connectivity index (χ3v) is 2.51. The Bertz CT molecular complexity index is 364. The smallest absolute Gasteiger partial charge is 0.326 e. The van der Waals surface area contributed by atoms with Gasteiger partial charge in [0.2, 0.25) is 11.8 Å². The molecular formula is C13H24N2O4. The zero-order valence-corrected chi connectivity index (χ0v) is 12.5. The number of carboxylic acid groups (broad SMARTS) is 1. The van der Waals surface area contributed by atoms with E-state index in [4.69, 9.17) is 5.11 Å². The first-order valence-electron chi connectivity index (χ1n) is 6.16. The molecule has 19 heavy (non-hydrogen) atoms. The summed E-state index contributed by atoms with van der Waals surface area (Å²) in [5, 5.41) is 13.9. The Morgan fingerprint density at radius 1 is 1.05 bits per heavy atom. The zero-order valence-electron chi connectivity index (χ0n) is 12.5. The van der Waals surface area contributed by atoms with Gasteiger partial charge in [0, 0.05) is 5.41 Å². The molecule has 0 aliphatic heterocycles. The highest BCUT2D eigenvalue weighted by Gasteiger charge is 2.32. The van der Waals surface area contributed by atoms with E-state index in [1.54, 1.807) is 41.5 Å². The molecule has 0 saturated heterocycles. The summed E-state index contributed by atoms with van der Waals surface area (Å²) in [5.74, 6) is -1.87. The van der Waals surface area contributed by atoms with Crippen LogP contribution in [0.2, 0.25) is 0 Å². The summed E-state index contributed by atoms with van der Waals surface area (Å²) in [5.41, 5.74) is -1.19. The van der Waals surface area contributed by atoms with Crippen LogP contribution in [0.5, 0.6) is 0 Å². The van der Waals surface area contributed by atoms with Crippen molar-refractivity contribution in [3.05, 3.63) is 0 Å². The van der Waals surface area contributed by atoms with Crippen molar-refractivity contribution in [3.63, 3.8) is 0 Å². The fourth-order valence-electron chi connectivity index (χ4n) is 1.29. The van der Waals surface area contributed by atoms with Crippen molar-refractivity contribution in [3.8, 4) is 0 Å². The third-order valence-electron chi connectivity index (χ3n) is 2.51. The number of carbonyl (C=O) groups is 3. The van der Waals surface area contributed by atoms with Crippen LogP contribution < -0.4 is 10.6 Å². The standard InChI is InChI=1S/C13H24N2O4/c1-12(2,3)9(10(17)18)15-8(16)7-14-11(19)13(4,5)6/h9H,7H2,1-6H3,(H,14,19)(H,15,16)(H,17,18). The van der Waals surface area contributed by atoms with Gasteiger partial charge >= 0.3 is 5.97 Å². The lowest BCUT2D eigenvalue weighted by Crippen LogP contribution is -2.52. The van der Waals surface area contributed by atoms with Gasteiger partial charge in [0.05, 0.1) is 6.54 Å². The van der Waals surface area contributed by atoms with E-state index >= 15 is 0 Å². The predicted octanol–water partition coefficient (Wildman–Crippen LogP) is 0.764. The number of rotatable bonds is 4. The summed E-state index contributed by atoms with van der Waals surface area (Å²) in [7, 11) is 0. The minimum absolute atomic E-state index is 0.226. The summed E-state index contributed by atoms with van der Waals surface area (Å²) >= 11 is 0. The fraction of sp³-hybridized carbons (Fsp3) is 0.769. The van der Waals surface area contributed by atoms with Crippen LogP contribution in [0, 0.1) is 10.8 Å². The molecule has 0 saturated carbocycles. The summed E-state index contributed by atoms with van der Waals surface area (Å²) in [6, 6.07) is -0.994. The van der Waals surface area contributed by atoms with E-state index in [-0.39, 0.29) is 12.5 Å². The van der Waals surface area contributed by atoms with E-state index in [1.165, 1.54) is 0 Å². The summed E-state index contributed by atoms with van der Waals surface area (Å²) < 4.78 is 0. The fourth-order valence-corrected chi connectivity index (χ4v) is 1.29. The van der Waals surface area contributed by atoms with E-state index in [2.05, 4.69) is 10.6 Å². The van der Waals surface area contributed by atoms with Crippen LogP contribution in [-0.2, 0) is 14.4 Å². The molecule has 2 amide bonds. The average Bonchev–Trinajstić information content (AvgIpc) is 2.18. The molecule has 110 valence electrons. The van der Waals surface area contributed by atoms with Gasteiger partial charge in [-0.1, -0.05) is 41.5 Å². The predicted molar refractivity (Wildman–Crippen MR) is 71.5 cm³/mol. The molecule has 6 heteroatoms. The Balaban J connectivity index is 4.46. The SMILES string of the molecule is CC(C)(C)C(=O)NCC(=O)NC(C(=O)O)C(C)(C)C. The number of carbonyl (C=O) groups excluding carboxylic acids is 2. The van der Waals surface area contributed by atoms with Crippen molar-refractivity contribution in [1.29, 1.82) is 0 Å². The maximum absolute atomic E-state index is 11.6. The third kappa shape index (κ3) is 6.22. The number of carboxylic acids is 1. The van der Waals surface area contributed by atoms with Crippen molar-refractivity contribution in [1.82, 2.24) is 10.6 Å². The molecule has 0 aromatic heterocycles. The van der Waals surface area contributed by atoms with Crippen molar-refractivity contribution in [2.45, 2.75) is 47.6 Å². The lowest BCUT2D eigenvalue weighted by molar-refractivity contribution is -0.144. The minimum Gasteiger partial charge on any atom is -0.480 e. The van der Waals surface area contributed by atoms with Gasteiger partial charge in [0.25, 0.3) is 0 Å². The molecule has 0 radical (unpaired) electrons. The molecule has 1 unspecified atom stereocenters. The van der Waals surface area contributed by atoms with Crippen molar-refractivity contribution < 1.29 is 19.5 Å². The highest BCUT2D eigenvalue weighted by molar-refractivity contribution is 5.89. The Hall–Kier alpha value is -1.59. The first kappa shape index (κ1) is 17.4. The summed E-state index contributed by atoms with van der Waals surface area (Å²) in [6.07, 6.45) is 0. The van der Waals surface area contributed by atoms with Crippen molar-refractivity contribution in [2.24, 2.45) is 10.8 Å². The highest BCUT2D eigenvalue weighted by atomic mass is 16.4. The van der Waals surface area contributed by atoms with E-state index in [0.717, 1.165) is 0 Å². The van der Waals surface area contributed by atoms with Crippen LogP contribution in [0.25, 0.3) is 0 Å². The maximum atomic E-state index is 11.6. The Kier molecular flexibility index (Phi) is 5.53. The molecule has 0 aliphatic rings. The molecule has 0 heterocycles. The second-order valence-electron chi connectivity index (χ2n) is 6.64. The average molecular weight is 272 g/mol. The lowest BCUT2D eigenvalue weighted by Gasteiger charge is -2.28. The van der Waals surface area contributed by atoms with Crippen LogP contribution in [-0.4, -0.2) is 35.5 Å². The molecular weight excluding hydrogens is 248 g/mol. The van der Waals surface area contributed by atoms with E-state index in [9.17, 15) is 14.4 Å². The summed E-state index contributed by atoms with van der Waals surface area (Å²) in [4.78, 5) is 34.3. The number of hydrogen-bond donors (Lipinski definition) is 3. The number of nitrogens with one attached hydrogen (secondary N) is 2. The molecule has 0 aromatic rings. The second kappa shape index (κ2) is 6.04. The monoisotopic (exact) mass is 272 g/mol. The van der Waals surface area contributed by atoms with Crippen LogP contribution >= 0.6 is 0 Å². The molecule has 0 fully saturated rings. The molecule has 0 aliphatic carbocycles. The maximum Gasteiger partial charge on any atom is 0.326 e. The van der Waals surface area contributed by atoms with Gasteiger partial charge in [-0.2, -0.15) is 0 Å². The van der Waals surface area contributed by atoms with Crippen molar-refractivity contribution >= 4 is 17.8 Å². The van der Waals surface area contributed by atoms with Gasteiger partial charge < -0.3 is 15.7 Å².